The number of hydrogen-bond donors (Lipinski definition) is 0. The smallest absolute Gasteiger partial charge is 0.352 e. The molecule has 0 aliphatic carbocycles. The largest absolute Gasteiger partial charge is 0.653 e. The first-order valence-corrected chi connectivity index (χ1v) is 8.10. The Hall–Kier alpha value is -0.828. The number of carbonyl (C=O) groups excluding carboxylic acids is 3. The van der Waals surface area contributed by atoms with Crippen molar-refractivity contribution in [1.82, 2.24) is 0 Å². The molecule has 0 aromatic carbocycles. The van der Waals surface area contributed by atoms with Crippen LogP contribution in [0.5, 0.6) is 0 Å². The van der Waals surface area contributed by atoms with E-state index in [2.05, 4.69) is 13.6 Å². The average molecular weight is 338 g/mol. The van der Waals surface area contributed by atoms with E-state index >= 15 is 0 Å². The Bertz CT molecular complexity index is 340. The predicted octanol–water partition coefficient (Wildman–Crippen LogP) is 1.94. The van der Waals surface area contributed by atoms with E-state index in [0.29, 0.717) is 19.3 Å². The van der Waals surface area contributed by atoms with Gasteiger partial charge < -0.3 is 13.6 Å². The molecule has 0 spiro atoms. The van der Waals surface area contributed by atoms with Crippen molar-refractivity contribution in [3.63, 3.8) is 0 Å². The molecular formula is C12H24AlO7P. The van der Waals surface area contributed by atoms with E-state index in [1.165, 1.54) is 0 Å². The van der Waals surface area contributed by atoms with Gasteiger partial charge in [-0.15, -0.1) is 0 Å². The van der Waals surface area contributed by atoms with Gasteiger partial charge in [-0.2, -0.15) is 4.57 Å². The first-order chi connectivity index (χ1) is 9.36. The minimum absolute atomic E-state index is 0. The highest BCUT2D eigenvalue weighted by atomic mass is 31.2. The average Bonchev–Trinajstić information content (AvgIpc) is 2.28. The molecule has 0 unspecified atom stereocenters. The first-order valence-electron chi connectivity index (χ1n) is 6.64. The standard InChI is InChI=1S/C12H21O7P.Al.3H/c1-4-7-10(13)17-20(16,18-11(14)8-5-2)19-12(15)9-6-3;;;;/h4-9H2,1-3H3;;;;. The molecule has 0 rings (SSSR count). The van der Waals surface area contributed by atoms with Gasteiger partial charge in [-0.1, -0.05) is 20.8 Å². The third-order valence-electron chi connectivity index (χ3n) is 2.00. The van der Waals surface area contributed by atoms with Gasteiger partial charge in [-0.05, 0) is 19.3 Å². The maximum Gasteiger partial charge on any atom is 0.653 e. The van der Waals surface area contributed by atoms with E-state index in [4.69, 9.17) is 0 Å². The zero-order valence-corrected chi connectivity index (χ0v) is 12.9. The zero-order valence-electron chi connectivity index (χ0n) is 12.0. The Balaban J connectivity index is 0. The molecule has 0 radical (unpaired) electrons. The van der Waals surface area contributed by atoms with Crippen molar-refractivity contribution in [1.29, 1.82) is 0 Å². The Kier molecular flexibility index (Phi) is 12.6. The van der Waals surface area contributed by atoms with Crippen LogP contribution in [0.3, 0.4) is 0 Å². The van der Waals surface area contributed by atoms with Crippen LogP contribution in [0.2, 0.25) is 0 Å². The number of phosphoric acid groups is 1. The van der Waals surface area contributed by atoms with E-state index in [1.54, 1.807) is 20.8 Å². The maximum atomic E-state index is 12.1. The maximum absolute atomic E-state index is 12.1. The number of carbonyl (C=O) groups is 3. The highest BCUT2D eigenvalue weighted by Crippen LogP contribution is 2.50. The van der Waals surface area contributed by atoms with Crippen molar-refractivity contribution in [2.75, 3.05) is 0 Å². The van der Waals surface area contributed by atoms with Crippen LogP contribution < -0.4 is 0 Å². The lowest BCUT2D eigenvalue weighted by atomic mass is 10.3. The van der Waals surface area contributed by atoms with Crippen LogP contribution >= 0.6 is 7.82 Å². The molecule has 0 fully saturated rings. The molecule has 122 valence electrons. The molecule has 7 nitrogen and oxygen atoms in total. The van der Waals surface area contributed by atoms with Crippen molar-refractivity contribution < 1.29 is 32.5 Å². The van der Waals surface area contributed by atoms with Gasteiger partial charge in [0, 0.05) is 19.3 Å². The summed E-state index contributed by atoms with van der Waals surface area (Å²) >= 11 is 0. The second kappa shape index (κ2) is 11.8. The topological polar surface area (TPSA) is 96.0 Å². The summed E-state index contributed by atoms with van der Waals surface area (Å²) in [5.74, 6) is -2.53. The van der Waals surface area contributed by atoms with E-state index in [0.717, 1.165) is 0 Å². The van der Waals surface area contributed by atoms with Crippen molar-refractivity contribution in [3.05, 3.63) is 0 Å². The van der Waals surface area contributed by atoms with Gasteiger partial charge in [0.1, 0.15) is 0 Å². The molecule has 0 saturated heterocycles. The van der Waals surface area contributed by atoms with Gasteiger partial charge >= 0.3 is 25.7 Å². The van der Waals surface area contributed by atoms with Crippen LogP contribution in [-0.4, -0.2) is 35.3 Å². The van der Waals surface area contributed by atoms with Crippen LogP contribution in [0.1, 0.15) is 59.3 Å². The molecule has 0 bridgehead atoms. The SMILES string of the molecule is CCCC(=O)OP(=O)(OC(=O)CCC)OC(=O)CCC.[AlH3]. The lowest BCUT2D eigenvalue weighted by Gasteiger charge is -2.16. The summed E-state index contributed by atoms with van der Waals surface area (Å²) in [5.41, 5.74) is 0. The fourth-order valence-corrected chi connectivity index (χ4v) is 2.31. The summed E-state index contributed by atoms with van der Waals surface area (Å²) in [6.45, 7) is 5.16. The Labute approximate surface area is 135 Å². The molecule has 0 atom stereocenters. The van der Waals surface area contributed by atoms with Crippen LogP contribution in [-0.2, 0) is 32.5 Å². The zero-order chi connectivity index (χ0) is 15.6. The molecule has 0 aromatic rings. The number of rotatable bonds is 9. The molecule has 0 amide bonds. The molecule has 0 saturated carbocycles. The predicted molar refractivity (Wildman–Crippen MR) is 80.5 cm³/mol. The Morgan fingerprint density at radius 1 is 0.714 bits per heavy atom. The Morgan fingerprint density at radius 3 is 1.14 bits per heavy atom. The third kappa shape index (κ3) is 10.5. The van der Waals surface area contributed by atoms with Gasteiger partial charge in [0.2, 0.25) is 0 Å². The van der Waals surface area contributed by atoms with E-state index in [1.807, 2.05) is 0 Å². The van der Waals surface area contributed by atoms with Crippen LogP contribution in [0.15, 0.2) is 0 Å². The molecule has 21 heavy (non-hydrogen) atoms. The highest BCUT2D eigenvalue weighted by Gasteiger charge is 2.38. The van der Waals surface area contributed by atoms with Crippen LogP contribution in [0, 0.1) is 0 Å². The van der Waals surface area contributed by atoms with Gasteiger partial charge in [-0.3, -0.25) is 14.4 Å². The minimum atomic E-state index is -4.53. The first kappa shape index (κ1) is 22.5. The van der Waals surface area contributed by atoms with Crippen LogP contribution in [0.4, 0.5) is 0 Å². The second-order valence-corrected chi connectivity index (χ2v) is 5.53. The van der Waals surface area contributed by atoms with Gasteiger partial charge in [0.05, 0.1) is 0 Å². The van der Waals surface area contributed by atoms with Crippen molar-refractivity contribution in [3.8, 4) is 0 Å². The summed E-state index contributed by atoms with van der Waals surface area (Å²) in [7, 11) is -4.53. The number of phosphoric ester groups is 1. The summed E-state index contributed by atoms with van der Waals surface area (Å²) < 4.78 is 25.8. The molecule has 0 aromatic heterocycles. The van der Waals surface area contributed by atoms with E-state index in [9.17, 15) is 18.9 Å². The lowest BCUT2D eigenvalue weighted by Crippen LogP contribution is -2.13. The summed E-state index contributed by atoms with van der Waals surface area (Å²) in [6.07, 6.45) is 1.35. The minimum Gasteiger partial charge on any atom is -0.352 e. The van der Waals surface area contributed by atoms with Gasteiger partial charge in [-0.25, -0.2) is 0 Å². The molecular weight excluding hydrogens is 314 g/mol. The molecule has 0 aliphatic rings. The van der Waals surface area contributed by atoms with Crippen molar-refractivity contribution in [2.45, 2.75) is 59.3 Å². The summed E-state index contributed by atoms with van der Waals surface area (Å²) in [4.78, 5) is 34.1. The fourth-order valence-electron chi connectivity index (χ4n) is 1.18. The van der Waals surface area contributed by atoms with Gasteiger partial charge in [0.25, 0.3) is 0 Å². The highest BCUT2D eigenvalue weighted by molar-refractivity contribution is 7.50. The summed E-state index contributed by atoms with van der Waals surface area (Å²) in [5, 5.41) is 0. The third-order valence-corrected chi connectivity index (χ3v) is 3.28. The molecule has 9 heteroatoms. The number of hydrogen-bond acceptors (Lipinski definition) is 7. The molecule has 0 heterocycles. The lowest BCUT2D eigenvalue weighted by molar-refractivity contribution is -0.144. The van der Waals surface area contributed by atoms with Crippen molar-refractivity contribution in [2.24, 2.45) is 0 Å². The fraction of sp³-hybridized carbons (Fsp3) is 0.750. The van der Waals surface area contributed by atoms with Crippen molar-refractivity contribution >= 4 is 43.1 Å². The van der Waals surface area contributed by atoms with Crippen LogP contribution in [0.25, 0.3) is 0 Å². The monoisotopic (exact) mass is 338 g/mol. The van der Waals surface area contributed by atoms with Gasteiger partial charge in [0.15, 0.2) is 17.4 Å². The Morgan fingerprint density at radius 2 is 0.952 bits per heavy atom. The van der Waals surface area contributed by atoms with E-state index in [-0.39, 0.29) is 36.6 Å². The second-order valence-electron chi connectivity index (χ2n) is 4.09. The molecule has 0 N–H and O–H groups in total. The quantitative estimate of drug-likeness (QED) is 0.468. The molecule has 0 aliphatic heterocycles. The normalized spacial score (nSPS) is 10.2. The summed E-state index contributed by atoms with van der Waals surface area (Å²) in [6, 6.07) is 0. The van der Waals surface area contributed by atoms with E-state index < -0.39 is 25.7 Å².